The van der Waals surface area contributed by atoms with Gasteiger partial charge in [-0.25, -0.2) is 4.98 Å². The average Bonchev–Trinajstić information content (AvgIpc) is 3.11. The van der Waals surface area contributed by atoms with Crippen molar-refractivity contribution in [2.75, 3.05) is 7.11 Å². The number of nitrogens with one attached hydrogen (secondary N) is 1. The molecular weight excluding hydrogens is 387 g/mol. The molecule has 0 saturated heterocycles. The molecule has 29 heavy (non-hydrogen) atoms. The number of carbonyl (C=O) groups is 1. The normalized spacial score (nSPS) is 11.2. The van der Waals surface area contributed by atoms with Crippen LogP contribution in [0.2, 0.25) is 0 Å². The largest absolute Gasteiger partial charge is 0.573 e. The van der Waals surface area contributed by atoms with Crippen molar-refractivity contribution in [3.8, 4) is 17.2 Å². The number of benzene rings is 2. The van der Waals surface area contributed by atoms with E-state index in [9.17, 15) is 18.0 Å². The summed E-state index contributed by atoms with van der Waals surface area (Å²) in [6, 6.07) is 11.2. The Morgan fingerprint density at radius 3 is 2.48 bits per heavy atom. The molecule has 0 aliphatic rings. The SMILES string of the molecule is COc1c(OC(F)(F)F)ccc(CNC(=O)c2ccccc2)c1-n1cnc(C)c1. The minimum absolute atomic E-state index is 0.0585. The molecule has 0 fully saturated rings. The molecule has 6 nitrogen and oxygen atoms in total. The maximum Gasteiger partial charge on any atom is 0.573 e. The lowest BCUT2D eigenvalue weighted by molar-refractivity contribution is -0.275. The van der Waals surface area contributed by atoms with Gasteiger partial charge in [-0.05, 0) is 30.7 Å². The molecule has 3 rings (SSSR count). The first-order valence-electron chi connectivity index (χ1n) is 8.58. The molecule has 152 valence electrons. The van der Waals surface area contributed by atoms with E-state index in [0.29, 0.717) is 22.5 Å². The fraction of sp³-hybridized carbons (Fsp3) is 0.200. The van der Waals surface area contributed by atoms with Gasteiger partial charge in [0.2, 0.25) is 0 Å². The fourth-order valence-electron chi connectivity index (χ4n) is 2.83. The van der Waals surface area contributed by atoms with Crippen LogP contribution in [0.3, 0.4) is 0 Å². The number of halogens is 3. The summed E-state index contributed by atoms with van der Waals surface area (Å²) in [7, 11) is 1.25. The van der Waals surface area contributed by atoms with E-state index >= 15 is 0 Å². The number of aromatic nitrogens is 2. The molecule has 0 atom stereocenters. The molecule has 0 saturated carbocycles. The molecule has 9 heteroatoms. The van der Waals surface area contributed by atoms with Crippen LogP contribution in [0.5, 0.6) is 11.5 Å². The monoisotopic (exact) mass is 405 g/mol. The molecular formula is C20H18F3N3O3. The van der Waals surface area contributed by atoms with Crippen molar-refractivity contribution in [2.45, 2.75) is 19.8 Å². The van der Waals surface area contributed by atoms with Gasteiger partial charge < -0.3 is 19.4 Å². The van der Waals surface area contributed by atoms with Gasteiger partial charge in [-0.3, -0.25) is 4.79 Å². The van der Waals surface area contributed by atoms with E-state index in [4.69, 9.17) is 4.74 Å². The van der Waals surface area contributed by atoms with Crippen LogP contribution >= 0.6 is 0 Å². The van der Waals surface area contributed by atoms with Gasteiger partial charge in [-0.2, -0.15) is 0 Å². The molecule has 3 aromatic rings. The topological polar surface area (TPSA) is 65.4 Å². The number of imidazole rings is 1. The van der Waals surface area contributed by atoms with Gasteiger partial charge in [0.05, 0.1) is 24.8 Å². The highest BCUT2D eigenvalue weighted by Gasteiger charge is 2.33. The molecule has 0 spiro atoms. The summed E-state index contributed by atoms with van der Waals surface area (Å²) in [5.74, 6) is -0.918. The maximum atomic E-state index is 12.8. The number of amides is 1. The van der Waals surface area contributed by atoms with Crippen molar-refractivity contribution in [1.29, 1.82) is 0 Å². The van der Waals surface area contributed by atoms with Gasteiger partial charge in [0, 0.05) is 18.3 Å². The van der Waals surface area contributed by atoms with Crippen LogP contribution in [-0.2, 0) is 6.54 Å². The first-order valence-corrected chi connectivity index (χ1v) is 8.58. The van der Waals surface area contributed by atoms with Crippen LogP contribution in [0.25, 0.3) is 5.69 Å². The molecule has 0 bridgehead atoms. The Kier molecular flexibility index (Phi) is 5.76. The van der Waals surface area contributed by atoms with E-state index in [1.165, 1.54) is 24.1 Å². The first kappa shape index (κ1) is 20.2. The van der Waals surface area contributed by atoms with Crippen molar-refractivity contribution in [1.82, 2.24) is 14.9 Å². The third kappa shape index (κ3) is 4.87. The van der Waals surface area contributed by atoms with Gasteiger partial charge in [0.1, 0.15) is 0 Å². The third-order valence-corrected chi connectivity index (χ3v) is 4.05. The molecule has 1 aromatic heterocycles. The minimum atomic E-state index is -4.88. The number of carbonyl (C=O) groups excluding carboxylic acids is 1. The Bertz CT molecular complexity index is 1000. The van der Waals surface area contributed by atoms with Gasteiger partial charge >= 0.3 is 6.36 Å². The van der Waals surface area contributed by atoms with Crippen LogP contribution in [0.1, 0.15) is 21.6 Å². The minimum Gasteiger partial charge on any atom is -0.491 e. The second kappa shape index (κ2) is 8.26. The zero-order chi connectivity index (χ0) is 21.0. The fourth-order valence-corrected chi connectivity index (χ4v) is 2.83. The molecule has 0 unspecified atom stereocenters. The zero-order valence-corrected chi connectivity index (χ0v) is 15.7. The molecule has 1 heterocycles. The van der Waals surface area contributed by atoms with Crippen molar-refractivity contribution in [3.63, 3.8) is 0 Å². The Morgan fingerprint density at radius 1 is 1.17 bits per heavy atom. The standard InChI is InChI=1S/C20H18F3N3O3/c1-13-11-26(12-25-13)17-15(10-24-19(27)14-6-4-3-5-7-14)8-9-16(18(17)28-2)29-20(21,22)23/h3-9,11-12H,10H2,1-2H3,(H,24,27). The Balaban J connectivity index is 1.98. The number of alkyl halides is 3. The van der Waals surface area contributed by atoms with Crippen LogP contribution in [0.4, 0.5) is 13.2 Å². The van der Waals surface area contributed by atoms with E-state index < -0.39 is 12.1 Å². The van der Waals surface area contributed by atoms with Gasteiger partial charge in [0.25, 0.3) is 5.91 Å². The lowest BCUT2D eigenvalue weighted by Crippen LogP contribution is -2.24. The third-order valence-electron chi connectivity index (χ3n) is 4.05. The molecule has 1 amide bonds. The molecule has 0 aliphatic carbocycles. The Labute approximate surface area is 164 Å². The molecule has 1 N–H and O–H groups in total. The van der Waals surface area contributed by atoms with Crippen molar-refractivity contribution in [3.05, 3.63) is 71.8 Å². The second-order valence-corrected chi connectivity index (χ2v) is 6.12. The van der Waals surface area contributed by atoms with Crippen LogP contribution in [0.15, 0.2) is 55.0 Å². The van der Waals surface area contributed by atoms with Crippen LogP contribution in [0, 0.1) is 6.92 Å². The highest BCUT2D eigenvalue weighted by molar-refractivity contribution is 5.94. The number of hydrogen-bond donors (Lipinski definition) is 1. The second-order valence-electron chi connectivity index (χ2n) is 6.12. The van der Waals surface area contributed by atoms with Crippen molar-refractivity contribution >= 4 is 5.91 Å². The Morgan fingerprint density at radius 2 is 1.90 bits per heavy atom. The van der Waals surface area contributed by atoms with Crippen molar-refractivity contribution < 1.29 is 27.4 Å². The predicted octanol–water partition coefficient (Wildman–Crippen LogP) is 4.02. The summed E-state index contributed by atoms with van der Waals surface area (Å²) in [5.41, 5.74) is 1.95. The molecule has 0 aliphatic heterocycles. The average molecular weight is 405 g/mol. The summed E-state index contributed by atoms with van der Waals surface area (Å²) in [5, 5.41) is 2.76. The quantitative estimate of drug-likeness (QED) is 0.673. The number of ether oxygens (including phenoxy) is 2. The van der Waals surface area contributed by atoms with Crippen molar-refractivity contribution in [2.24, 2.45) is 0 Å². The summed E-state index contributed by atoms with van der Waals surface area (Å²) < 4.78 is 49.2. The smallest absolute Gasteiger partial charge is 0.491 e. The highest BCUT2D eigenvalue weighted by atomic mass is 19.4. The number of aryl methyl sites for hydroxylation is 1. The summed E-state index contributed by atoms with van der Waals surface area (Å²) in [4.78, 5) is 16.5. The van der Waals surface area contributed by atoms with E-state index in [1.807, 2.05) is 0 Å². The van der Waals surface area contributed by atoms with E-state index in [0.717, 1.165) is 6.07 Å². The van der Waals surface area contributed by atoms with Gasteiger partial charge in [-0.1, -0.05) is 24.3 Å². The lowest BCUT2D eigenvalue weighted by atomic mass is 10.1. The number of hydrogen-bond acceptors (Lipinski definition) is 4. The summed E-state index contributed by atoms with van der Waals surface area (Å²) in [6.45, 7) is 1.80. The Hall–Kier alpha value is -3.49. The van der Waals surface area contributed by atoms with Crippen LogP contribution in [-0.4, -0.2) is 28.9 Å². The molecule has 2 aromatic carbocycles. The molecule has 0 radical (unpaired) electrons. The summed E-state index contributed by atoms with van der Waals surface area (Å²) in [6.07, 6.45) is -1.79. The highest BCUT2D eigenvalue weighted by Crippen LogP contribution is 2.39. The van der Waals surface area contributed by atoms with Gasteiger partial charge in [-0.15, -0.1) is 13.2 Å². The number of methoxy groups -OCH3 is 1. The lowest BCUT2D eigenvalue weighted by Gasteiger charge is -2.19. The summed E-state index contributed by atoms with van der Waals surface area (Å²) >= 11 is 0. The number of rotatable bonds is 6. The number of nitrogens with zero attached hydrogens (tertiary/aromatic N) is 2. The van der Waals surface area contributed by atoms with Gasteiger partial charge in [0.15, 0.2) is 11.5 Å². The first-order chi connectivity index (χ1) is 13.8. The zero-order valence-electron chi connectivity index (χ0n) is 15.7. The maximum absolute atomic E-state index is 12.8. The predicted molar refractivity (Wildman–Crippen MR) is 99.1 cm³/mol. The van der Waals surface area contributed by atoms with Crippen LogP contribution < -0.4 is 14.8 Å². The van der Waals surface area contributed by atoms with E-state index in [-0.39, 0.29) is 18.2 Å². The van der Waals surface area contributed by atoms with E-state index in [2.05, 4.69) is 15.0 Å². The van der Waals surface area contributed by atoms with E-state index in [1.54, 1.807) is 43.5 Å².